The van der Waals surface area contributed by atoms with Gasteiger partial charge in [0.15, 0.2) is 0 Å². The van der Waals surface area contributed by atoms with Gasteiger partial charge in [0, 0.05) is 18.0 Å². The third-order valence-electron chi connectivity index (χ3n) is 2.69. The van der Waals surface area contributed by atoms with Gasteiger partial charge in [-0.1, -0.05) is 12.1 Å². The van der Waals surface area contributed by atoms with Crippen LogP contribution in [0.15, 0.2) is 48.0 Å². The van der Waals surface area contributed by atoms with Crippen LogP contribution in [0.25, 0.3) is 11.5 Å². The van der Waals surface area contributed by atoms with Crippen LogP contribution in [0.3, 0.4) is 0 Å². The zero-order valence-electron chi connectivity index (χ0n) is 10.7. The Kier molecular flexibility index (Phi) is 3.52. The normalized spacial score (nSPS) is 11.0. The standard InChI is InChI=1S/C13H10N6OS/c20-11-4-2-1-3-9(11)7-16-19-12(17-18-13(19)21)10-8-14-5-6-15-10/h1-8,20H,(H,18,21)/b16-7+. The van der Waals surface area contributed by atoms with E-state index in [1.165, 1.54) is 10.9 Å². The van der Waals surface area contributed by atoms with Gasteiger partial charge in [0.25, 0.3) is 0 Å². The minimum atomic E-state index is 0.136. The molecular formula is C13H10N6OS. The molecule has 0 radical (unpaired) electrons. The van der Waals surface area contributed by atoms with Crippen molar-refractivity contribution in [1.29, 1.82) is 0 Å². The van der Waals surface area contributed by atoms with Crippen molar-refractivity contribution >= 4 is 18.4 Å². The second-order valence-corrected chi connectivity index (χ2v) is 4.44. The highest BCUT2D eigenvalue weighted by atomic mass is 32.1. The van der Waals surface area contributed by atoms with Crippen LogP contribution in [-0.2, 0) is 0 Å². The Morgan fingerprint density at radius 1 is 1.29 bits per heavy atom. The number of para-hydroxylation sites is 1. The van der Waals surface area contributed by atoms with Crippen molar-refractivity contribution in [2.24, 2.45) is 5.10 Å². The van der Waals surface area contributed by atoms with Crippen molar-refractivity contribution in [3.63, 3.8) is 0 Å². The molecule has 0 aliphatic carbocycles. The molecule has 2 N–H and O–H groups in total. The third-order valence-corrected chi connectivity index (χ3v) is 2.96. The molecule has 0 amide bonds. The van der Waals surface area contributed by atoms with Crippen LogP contribution in [-0.4, -0.2) is 36.2 Å². The monoisotopic (exact) mass is 298 g/mol. The van der Waals surface area contributed by atoms with E-state index in [9.17, 15) is 5.11 Å². The highest BCUT2D eigenvalue weighted by Crippen LogP contribution is 2.15. The molecule has 8 heteroatoms. The highest BCUT2D eigenvalue weighted by molar-refractivity contribution is 7.71. The van der Waals surface area contributed by atoms with Gasteiger partial charge in [-0.2, -0.15) is 14.9 Å². The number of nitrogens with one attached hydrogen (secondary N) is 1. The molecule has 21 heavy (non-hydrogen) atoms. The van der Waals surface area contributed by atoms with Gasteiger partial charge in [-0.05, 0) is 24.4 Å². The average molecular weight is 298 g/mol. The van der Waals surface area contributed by atoms with Crippen LogP contribution in [0.5, 0.6) is 5.75 Å². The minimum absolute atomic E-state index is 0.136. The van der Waals surface area contributed by atoms with E-state index in [2.05, 4.69) is 25.3 Å². The van der Waals surface area contributed by atoms with Crippen molar-refractivity contribution in [2.45, 2.75) is 0 Å². The molecule has 0 spiro atoms. The predicted molar refractivity (Wildman–Crippen MR) is 79.5 cm³/mol. The topological polar surface area (TPSA) is 92.0 Å². The molecule has 3 aromatic rings. The Morgan fingerprint density at radius 3 is 2.90 bits per heavy atom. The van der Waals surface area contributed by atoms with Crippen molar-refractivity contribution in [1.82, 2.24) is 24.8 Å². The van der Waals surface area contributed by atoms with Crippen LogP contribution in [0, 0.1) is 4.77 Å². The molecule has 1 aromatic carbocycles. The van der Waals surface area contributed by atoms with Gasteiger partial charge >= 0.3 is 0 Å². The summed E-state index contributed by atoms with van der Waals surface area (Å²) in [4.78, 5) is 8.15. The summed E-state index contributed by atoms with van der Waals surface area (Å²) in [6.45, 7) is 0. The molecule has 0 bridgehead atoms. The lowest BCUT2D eigenvalue weighted by Crippen LogP contribution is -1.97. The predicted octanol–water partition coefficient (Wildman–Crippen LogP) is 1.99. The largest absolute Gasteiger partial charge is 0.507 e. The number of rotatable bonds is 3. The first-order valence-corrected chi connectivity index (χ1v) is 6.42. The fourth-order valence-electron chi connectivity index (χ4n) is 1.70. The Balaban J connectivity index is 2.02. The van der Waals surface area contributed by atoms with Gasteiger partial charge < -0.3 is 5.11 Å². The molecular weight excluding hydrogens is 288 g/mol. The fraction of sp³-hybridized carbons (Fsp3) is 0. The summed E-state index contributed by atoms with van der Waals surface area (Å²) in [5, 5.41) is 20.7. The number of H-pyrrole nitrogens is 1. The first kappa shape index (κ1) is 13.1. The summed E-state index contributed by atoms with van der Waals surface area (Å²) >= 11 is 5.14. The van der Waals surface area contributed by atoms with Crippen LogP contribution in [0.2, 0.25) is 0 Å². The molecule has 0 aliphatic rings. The Morgan fingerprint density at radius 2 is 2.14 bits per heavy atom. The van der Waals surface area contributed by atoms with E-state index in [-0.39, 0.29) is 5.75 Å². The molecule has 0 fully saturated rings. The lowest BCUT2D eigenvalue weighted by molar-refractivity contribution is 0.474. The number of aromatic hydroxyl groups is 1. The summed E-state index contributed by atoms with van der Waals surface area (Å²) in [5.74, 6) is 0.581. The maximum atomic E-state index is 9.72. The molecule has 0 aliphatic heterocycles. The molecule has 0 atom stereocenters. The maximum Gasteiger partial charge on any atom is 0.216 e. The zero-order valence-corrected chi connectivity index (χ0v) is 11.5. The summed E-state index contributed by atoms with van der Waals surface area (Å²) in [6.07, 6.45) is 6.20. The van der Waals surface area contributed by atoms with Crippen molar-refractivity contribution in [2.75, 3.05) is 0 Å². The van der Waals surface area contributed by atoms with E-state index < -0.39 is 0 Å². The van der Waals surface area contributed by atoms with Crippen molar-refractivity contribution in [3.05, 3.63) is 53.2 Å². The number of phenols is 1. The number of phenolic OH excluding ortho intramolecular Hbond substituents is 1. The first-order valence-electron chi connectivity index (χ1n) is 6.02. The van der Waals surface area contributed by atoms with Crippen LogP contribution >= 0.6 is 12.2 Å². The minimum Gasteiger partial charge on any atom is -0.507 e. The van der Waals surface area contributed by atoms with Gasteiger partial charge in [-0.15, -0.1) is 0 Å². The Bertz CT molecular complexity index is 839. The summed E-state index contributed by atoms with van der Waals surface area (Å²) in [6, 6.07) is 6.87. The molecule has 7 nitrogen and oxygen atoms in total. The maximum absolute atomic E-state index is 9.72. The lowest BCUT2D eigenvalue weighted by Gasteiger charge is -2.00. The quantitative estimate of drug-likeness (QED) is 0.570. The number of hydrogen-bond donors (Lipinski definition) is 2. The lowest BCUT2D eigenvalue weighted by atomic mass is 10.2. The molecule has 2 heterocycles. The first-order chi connectivity index (χ1) is 10.3. The molecule has 0 saturated carbocycles. The summed E-state index contributed by atoms with van der Waals surface area (Å²) in [7, 11) is 0. The second kappa shape index (κ2) is 5.63. The summed E-state index contributed by atoms with van der Waals surface area (Å²) in [5.41, 5.74) is 1.12. The van der Waals surface area contributed by atoms with Gasteiger partial charge in [0.1, 0.15) is 11.4 Å². The Hall–Kier alpha value is -2.87. The Labute approximate surface area is 124 Å². The average Bonchev–Trinajstić information content (AvgIpc) is 2.88. The van der Waals surface area contributed by atoms with E-state index in [1.807, 2.05) is 0 Å². The SMILES string of the molecule is Oc1ccccc1/C=N/n1c(-c2cnccn2)n[nH]c1=S. The third kappa shape index (κ3) is 2.70. The molecule has 2 aromatic heterocycles. The van der Waals surface area contributed by atoms with Crippen LogP contribution < -0.4 is 0 Å². The number of benzene rings is 1. The number of nitrogens with zero attached hydrogens (tertiary/aromatic N) is 5. The van der Waals surface area contributed by atoms with E-state index in [0.717, 1.165) is 0 Å². The number of aromatic amines is 1. The second-order valence-electron chi connectivity index (χ2n) is 4.06. The van der Waals surface area contributed by atoms with Gasteiger partial charge in [0.05, 0.1) is 12.4 Å². The molecule has 3 rings (SSSR count). The van der Waals surface area contributed by atoms with Crippen molar-refractivity contribution in [3.8, 4) is 17.3 Å². The highest BCUT2D eigenvalue weighted by Gasteiger charge is 2.09. The molecule has 0 unspecified atom stereocenters. The molecule has 0 saturated heterocycles. The van der Waals surface area contributed by atoms with Gasteiger partial charge in [0.2, 0.25) is 10.6 Å². The number of aromatic nitrogens is 5. The zero-order chi connectivity index (χ0) is 14.7. The van der Waals surface area contributed by atoms with E-state index >= 15 is 0 Å². The fourth-order valence-corrected chi connectivity index (χ4v) is 1.88. The van der Waals surface area contributed by atoms with Gasteiger partial charge in [-0.25, -0.2) is 10.1 Å². The van der Waals surface area contributed by atoms with Crippen LogP contribution in [0.4, 0.5) is 0 Å². The smallest absolute Gasteiger partial charge is 0.216 e. The van der Waals surface area contributed by atoms with E-state index in [1.54, 1.807) is 42.9 Å². The van der Waals surface area contributed by atoms with Gasteiger partial charge in [-0.3, -0.25) is 4.98 Å². The van der Waals surface area contributed by atoms with E-state index in [4.69, 9.17) is 12.2 Å². The summed E-state index contributed by atoms with van der Waals surface area (Å²) < 4.78 is 1.74. The molecule has 104 valence electrons. The van der Waals surface area contributed by atoms with E-state index in [0.29, 0.717) is 21.9 Å². The van der Waals surface area contributed by atoms with Crippen molar-refractivity contribution < 1.29 is 5.11 Å². The number of hydrogen-bond acceptors (Lipinski definition) is 6. The van der Waals surface area contributed by atoms with Crippen LogP contribution in [0.1, 0.15) is 5.56 Å².